The van der Waals surface area contributed by atoms with E-state index in [-0.39, 0.29) is 16.8 Å². The van der Waals surface area contributed by atoms with Crippen molar-refractivity contribution in [3.8, 4) is 0 Å². The van der Waals surface area contributed by atoms with Gasteiger partial charge < -0.3 is 4.74 Å². The smallest absolute Gasteiger partial charge is 0.338 e. The number of halogens is 2. The molecule has 18 heavy (non-hydrogen) atoms. The van der Waals surface area contributed by atoms with Crippen LogP contribution in [-0.4, -0.2) is 23.9 Å². The third-order valence-corrected chi connectivity index (χ3v) is 2.85. The van der Waals surface area contributed by atoms with E-state index in [9.17, 15) is 23.7 Å². The Morgan fingerprint density at radius 2 is 2.17 bits per heavy atom. The lowest BCUT2D eigenvalue weighted by Gasteiger charge is -2.07. The minimum atomic E-state index is -2.90. The van der Waals surface area contributed by atoms with Crippen molar-refractivity contribution < 1.29 is 23.2 Å². The molecule has 2 rings (SSSR count). The van der Waals surface area contributed by atoms with E-state index < -0.39 is 29.2 Å². The van der Waals surface area contributed by atoms with Crippen LogP contribution in [0.25, 0.3) is 0 Å². The molecule has 0 heterocycles. The monoisotopic (exact) mass is 257 g/mol. The van der Waals surface area contributed by atoms with E-state index in [1.54, 1.807) is 0 Å². The first kappa shape index (κ1) is 12.4. The molecule has 1 atom stereocenters. The van der Waals surface area contributed by atoms with E-state index in [0.717, 1.165) is 25.3 Å². The molecule has 0 radical (unpaired) electrons. The number of methoxy groups -OCH3 is 1. The van der Waals surface area contributed by atoms with E-state index >= 15 is 0 Å². The van der Waals surface area contributed by atoms with Crippen LogP contribution < -0.4 is 0 Å². The first-order chi connectivity index (χ1) is 8.36. The number of hydrogen-bond donors (Lipinski definition) is 0. The molecule has 0 aromatic heterocycles. The van der Waals surface area contributed by atoms with E-state index in [2.05, 4.69) is 4.74 Å². The van der Waals surface area contributed by atoms with Gasteiger partial charge in [-0.15, -0.1) is 0 Å². The second kappa shape index (κ2) is 4.01. The standard InChI is InChI=1S/C11H9F2NO4/c1-18-10(15)7-3-2-6(14(16)17)4-8(7)9-5-11(9,12)13/h2-4,9H,5H2,1H3. The largest absolute Gasteiger partial charge is 0.465 e. The van der Waals surface area contributed by atoms with Crippen LogP contribution in [0.4, 0.5) is 14.5 Å². The zero-order chi connectivity index (χ0) is 13.5. The van der Waals surface area contributed by atoms with Gasteiger partial charge in [-0.2, -0.15) is 0 Å². The van der Waals surface area contributed by atoms with Crippen molar-refractivity contribution in [1.82, 2.24) is 0 Å². The third kappa shape index (κ3) is 2.03. The Morgan fingerprint density at radius 3 is 2.61 bits per heavy atom. The van der Waals surface area contributed by atoms with Gasteiger partial charge in [-0.05, 0) is 11.6 Å². The van der Waals surface area contributed by atoms with E-state index in [0.29, 0.717) is 0 Å². The van der Waals surface area contributed by atoms with Gasteiger partial charge in [0.15, 0.2) is 0 Å². The Kier molecular flexibility index (Phi) is 2.76. The number of esters is 1. The normalized spacial score (nSPS) is 20.3. The summed E-state index contributed by atoms with van der Waals surface area (Å²) >= 11 is 0. The number of carbonyl (C=O) groups is 1. The van der Waals surface area contributed by atoms with Crippen molar-refractivity contribution >= 4 is 11.7 Å². The first-order valence-corrected chi connectivity index (χ1v) is 5.11. The number of carbonyl (C=O) groups excluding carboxylic acids is 1. The van der Waals surface area contributed by atoms with Gasteiger partial charge >= 0.3 is 5.97 Å². The molecule has 1 fully saturated rings. The zero-order valence-corrected chi connectivity index (χ0v) is 9.35. The minimum absolute atomic E-state index is 0.0268. The fourth-order valence-electron chi connectivity index (χ4n) is 1.80. The van der Waals surface area contributed by atoms with Crippen LogP contribution in [0.1, 0.15) is 28.3 Å². The molecule has 0 spiro atoms. The summed E-state index contributed by atoms with van der Waals surface area (Å²) in [6.07, 6.45) is -0.405. The number of nitro groups is 1. The van der Waals surface area contributed by atoms with Crippen molar-refractivity contribution in [3.05, 3.63) is 39.4 Å². The molecule has 0 saturated heterocycles. The summed E-state index contributed by atoms with van der Waals surface area (Å²) in [6.45, 7) is 0. The van der Waals surface area contributed by atoms with Gasteiger partial charge in [-0.25, -0.2) is 13.6 Å². The summed E-state index contributed by atoms with van der Waals surface area (Å²) in [5, 5.41) is 10.6. The van der Waals surface area contributed by atoms with Crippen LogP contribution in [-0.2, 0) is 4.74 Å². The van der Waals surface area contributed by atoms with Crippen molar-refractivity contribution in [3.63, 3.8) is 0 Å². The summed E-state index contributed by atoms with van der Waals surface area (Å²) in [5.41, 5.74) is -0.397. The number of non-ortho nitro benzene ring substituents is 1. The van der Waals surface area contributed by atoms with Crippen molar-refractivity contribution in [2.45, 2.75) is 18.3 Å². The highest BCUT2D eigenvalue weighted by atomic mass is 19.3. The van der Waals surface area contributed by atoms with Crippen LogP contribution in [0, 0.1) is 10.1 Å². The third-order valence-electron chi connectivity index (χ3n) is 2.85. The van der Waals surface area contributed by atoms with Gasteiger partial charge in [0.2, 0.25) is 0 Å². The Labute approximate surface area is 101 Å². The molecule has 1 aromatic carbocycles. The zero-order valence-electron chi connectivity index (χ0n) is 9.35. The Bertz CT molecular complexity index is 530. The van der Waals surface area contributed by atoms with Crippen molar-refractivity contribution in [1.29, 1.82) is 0 Å². The molecule has 0 amide bonds. The molecule has 0 N–H and O–H groups in total. The topological polar surface area (TPSA) is 69.4 Å². The second-order valence-electron chi connectivity index (χ2n) is 4.04. The summed E-state index contributed by atoms with van der Waals surface area (Å²) in [4.78, 5) is 21.3. The minimum Gasteiger partial charge on any atom is -0.465 e. The quantitative estimate of drug-likeness (QED) is 0.474. The molecule has 1 unspecified atom stereocenters. The van der Waals surface area contributed by atoms with Crippen LogP contribution in [0.2, 0.25) is 0 Å². The maximum atomic E-state index is 13.0. The number of ether oxygens (including phenoxy) is 1. The number of hydrogen-bond acceptors (Lipinski definition) is 4. The van der Waals surface area contributed by atoms with Gasteiger partial charge in [-0.3, -0.25) is 10.1 Å². The summed E-state index contributed by atoms with van der Waals surface area (Å²) in [5.74, 6) is -4.83. The molecule has 7 heteroatoms. The average Bonchev–Trinajstić information content (AvgIpc) is 2.96. The lowest BCUT2D eigenvalue weighted by Crippen LogP contribution is -2.07. The molecule has 0 bridgehead atoms. The Morgan fingerprint density at radius 1 is 1.56 bits per heavy atom. The lowest BCUT2D eigenvalue weighted by atomic mass is 10.0. The molecule has 0 aliphatic heterocycles. The molecule has 1 aliphatic rings. The maximum Gasteiger partial charge on any atom is 0.338 e. The SMILES string of the molecule is COC(=O)c1ccc([N+](=O)[O-])cc1C1CC1(F)F. The van der Waals surface area contributed by atoms with Gasteiger partial charge in [0.1, 0.15) is 0 Å². The van der Waals surface area contributed by atoms with E-state index in [1.807, 2.05) is 0 Å². The van der Waals surface area contributed by atoms with Crippen molar-refractivity contribution in [2.75, 3.05) is 7.11 Å². The summed E-state index contributed by atoms with van der Waals surface area (Å²) in [6, 6.07) is 3.25. The van der Waals surface area contributed by atoms with Crippen molar-refractivity contribution in [2.24, 2.45) is 0 Å². The number of nitrogens with zero attached hydrogens (tertiary/aromatic N) is 1. The van der Waals surface area contributed by atoms with Gasteiger partial charge in [0, 0.05) is 18.6 Å². The number of alkyl halides is 2. The molecule has 1 aliphatic carbocycles. The summed E-state index contributed by atoms with van der Waals surface area (Å²) in [7, 11) is 1.12. The molecule has 1 aromatic rings. The van der Waals surface area contributed by atoms with Crippen LogP contribution in [0.3, 0.4) is 0 Å². The highest BCUT2D eigenvalue weighted by Crippen LogP contribution is 2.56. The lowest BCUT2D eigenvalue weighted by molar-refractivity contribution is -0.384. The summed E-state index contributed by atoms with van der Waals surface area (Å²) < 4.78 is 30.6. The number of nitro benzene ring substituents is 1. The predicted molar refractivity (Wildman–Crippen MR) is 56.7 cm³/mol. The highest BCUT2D eigenvalue weighted by molar-refractivity contribution is 5.92. The van der Waals surface area contributed by atoms with Crippen LogP contribution in [0.15, 0.2) is 18.2 Å². The first-order valence-electron chi connectivity index (χ1n) is 5.11. The Hall–Kier alpha value is -2.05. The molecule has 5 nitrogen and oxygen atoms in total. The van der Waals surface area contributed by atoms with Crippen LogP contribution in [0.5, 0.6) is 0 Å². The Balaban J connectivity index is 2.48. The maximum absolute atomic E-state index is 13.0. The van der Waals surface area contributed by atoms with Crippen LogP contribution >= 0.6 is 0 Å². The molecule has 1 saturated carbocycles. The fraction of sp³-hybridized carbons (Fsp3) is 0.364. The van der Waals surface area contributed by atoms with Gasteiger partial charge in [-0.1, -0.05) is 0 Å². The molecular formula is C11H9F2NO4. The predicted octanol–water partition coefficient (Wildman–Crippen LogP) is 2.50. The molecule has 96 valence electrons. The number of rotatable bonds is 3. The highest BCUT2D eigenvalue weighted by Gasteiger charge is 2.58. The molecular weight excluding hydrogens is 248 g/mol. The van der Waals surface area contributed by atoms with E-state index in [4.69, 9.17) is 0 Å². The second-order valence-corrected chi connectivity index (χ2v) is 4.04. The van der Waals surface area contributed by atoms with Gasteiger partial charge in [0.25, 0.3) is 11.6 Å². The van der Waals surface area contributed by atoms with Gasteiger partial charge in [0.05, 0.1) is 23.5 Å². The average molecular weight is 257 g/mol. The van der Waals surface area contributed by atoms with E-state index in [1.165, 1.54) is 0 Å². The fourth-order valence-corrected chi connectivity index (χ4v) is 1.80. The number of benzene rings is 1.